The van der Waals surface area contributed by atoms with Crippen molar-refractivity contribution in [2.75, 3.05) is 31.1 Å². The average Bonchev–Trinajstić information content (AvgIpc) is 3.42. The van der Waals surface area contributed by atoms with Crippen LogP contribution in [0.4, 0.5) is 5.82 Å². The van der Waals surface area contributed by atoms with Gasteiger partial charge in [0.2, 0.25) is 5.91 Å². The number of carbonyl (C=O) groups is 2. The highest BCUT2D eigenvalue weighted by atomic mass is 16.2. The molecule has 24 heavy (non-hydrogen) atoms. The number of carbonyl (C=O) groups excluding carboxylic acids is 2. The molecular weight excluding hydrogens is 306 g/mol. The van der Waals surface area contributed by atoms with E-state index in [2.05, 4.69) is 25.8 Å². The molecule has 4 rings (SSSR count). The van der Waals surface area contributed by atoms with Crippen molar-refractivity contribution < 1.29 is 9.59 Å². The van der Waals surface area contributed by atoms with Crippen LogP contribution < -0.4 is 20.9 Å². The molecule has 0 radical (unpaired) electrons. The minimum Gasteiger partial charge on any atom is -0.356 e. The molecule has 1 spiro atoms. The van der Waals surface area contributed by atoms with Crippen LogP contribution >= 0.6 is 0 Å². The van der Waals surface area contributed by atoms with Crippen LogP contribution in [0, 0.1) is 0 Å². The molecule has 3 heterocycles. The number of piperazine rings is 1. The second-order valence-corrected chi connectivity index (χ2v) is 6.90. The molecule has 128 valence electrons. The Bertz CT molecular complexity index is 650. The third-order valence-electron chi connectivity index (χ3n) is 5.17. The molecule has 3 N–H and O–H groups in total. The zero-order valence-corrected chi connectivity index (χ0v) is 13.7. The molecule has 0 unspecified atom stereocenters. The molecule has 2 saturated heterocycles. The number of pyridine rings is 1. The number of nitrogens with one attached hydrogen (secondary N) is 3. The quantitative estimate of drug-likeness (QED) is 0.728. The Kier molecular flexibility index (Phi) is 3.88. The first-order valence-electron chi connectivity index (χ1n) is 8.71. The van der Waals surface area contributed by atoms with E-state index in [-0.39, 0.29) is 11.8 Å². The fourth-order valence-electron chi connectivity index (χ4n) is 3.48. The minimum atomic E-state index is -0.435. The summed E-state index contributed by atoms with van der Waals surface area (Å²) in [6.45, 7) is 3.02. The lowest BCUT2D eigenvalue weighted by molar-refractivity contribution is -0.130. The average molecular weight is 329 g/mol. The van der Waals surface area contributed by atoms with E-state index < -0.39 is 5.54 Å². The summed E-state index contributed by atoms with van der Waals surface area (Å²) in [5.74, 6) is 0.895. The van der Waals surface area contributed by atoms with Crippen LogP contribution in [-0.4, -0.2) is 54.6 Å². The maximum Gasteiger partial charge on any atom is 0.251 e. The van der Waals surface area contributed by atoms with Crippen molar-refractivity contribution in [2.24, 2.45) is 0 Å². The summed E-state index contributed by atoms with van der Waals surface area (Å²) in [6.07, 6.45) is 5.34. The van der Waals surface area contributed by atoms with Crippen LogP contribution in [0.25, 0.3) is 0 Å². The summed E-state index contributed by atoms with van der Waals surface area (Å²) in [5, 5.41) is 9.35. The zero-order valence-electron chi connectivity index (χ0n) is 13.7. The summed E-state index contributed by atoms with van der Waals surface area (Å²) in [5.41, 5.74) is 0.219. The van der Waals surface area contributed by atoms with Crippen molar-refractivity contribution in [3.05, 3.63) is 23.9 Å². The molecule has 2 amide bonds. The van der Waals surface area contributed by atoms with E-state index >= 15 is 0 Å². The van der Waals surface area contributed by atoms with Gasteiger partial charge >= 0.3 is 0 Å². The van der Waals surface area contributed by atoms with Crippen LogP contribution in [-0.2, 0) is 4.79 Å². The first-order valence-corrected chi connectivity index (χ1v) is 8.71. The van der Waals surface area contributed by atoms with Gasteiger partial charge in [-0.2, -0.15) is 0 Å². The van der Waals surface area contributed by atoms with E-state index in [4.69, 9.17) is 0 Å². The number of nitrogens with zero attached hydrogens (tertiary/aromatic N) is 2. The second kappa shape index (κ2) is 6.05. The largest absolute Gasteiger partial charge is 0.356 e. The molecule has 3 fully saturated rings. The van der Waals surface area contributed by atoms with Gasteiger partial charge in [0.25, 0.3) is 5.91 Å². The summed E-state index contributed by atoms with van der Waals surface area (Å²) >= 11 is 0. The van der Waals surface area contributed by atoms with Crippen LogP contribution in [0.3, 0.4) is 0 Å². The lowest BCUT2D eigenvalue weighted by Gasteiger charge is -2.43. The van der Waals surface area contributed by atoms with Crippen molar-refractivity contribution in [3.8, 4) is 0 Å². The van der Waals surface area contributed by atoms with Crippen molar-refractivity contribution in [3.63, 3.8) is 0 Å². The van der Waals surface area contributed by atoms with Gasteiger partial charge in [-0.25, -0.2) is 4.98 Å². The summed E-state index contributed by atoms with van der Waals surface area (Å²) in [4.78, 5) is 31.0. The van der Waals surface area contributed by atoms with E-state index in [1.165, 1.54) is 0 Å². The molecule has 7 nitrogen and oxygen atoms in total. The van der Waals surface area contributed by atoms with Crippen LogP contribution in [0.5, 0.6) is 0 Å². The molecule has 1 aliphatic carbocycles. The topological polar surface area (TPSA) is 86.4 Å². The summed E-state index contributed by atoms with van der Waals surface area (Å²) < 4.78 is 0. The van der Waals surface area contributed by atoms with Gasteiger partial charge in [0.05, 0.1) is 0 Å². The molecule has 1 aromatic rings. The maximum absolute atomic E-state index is 12.2. The van der Waals surface area contributed by atoms with Crippen LogP contribution in [0.2, 0.25) is 0 Å². The monoisotopic (exact) mass is 329 g/mol. The fourth-order valence-corrected chi connectivity index (χ4v) is 3.48. The Morgan fingerprint density at radius 3 is 2.79 bits per heavy atom. The third kappa shape index (κ3) is 2.96. The van der Waals surface area contributed by atoms with Crippen molar-refractivity contribution in [1.29, 1.82) is 0 Å². The van der Waals surface area contributed by atoms with E-state index in [9.17, 15) is 9.59 Å². The normalized spacial score (nSPS) is 23.0. The predicted octanol–water partition coefficient (Wildman–Crippen LogP) is 0.0322. The standard InChI is InChI=1S/C17H23N5O2/c23-15(21-13-1-2-13)12-3-6-18-14(11-12)22-9-4-17(5-10-22)16(24)19-7-8-20-17/h3,6,11,13,20H,1-2,4-5,7-10H2,(H,19,24)(H,21,23). The van der Waals surface area contributed by atoms with Gasteiger partial charge in [0.15, 0.2) is 0 Å². The number of hydrogen-bond donors (Lipinski definition) is 3. The third-order valence-corrected chi connectivity index (χ3v) is 5.17. The number of piperidine rings is 1. The van der Waals surface area contributed by atoms with Crippen molar-refractivity contribution in [2.45, 2.75) is 37.3 Å². The number of hydrogen-bond acceptors (Lipinski definition) is 5. The number of rotatable bonds is 3. The molecular formula is C17H23N5O2. The highest BCUT2D eigenvalue weighted by Gasteiger charge is 2.42. The highest BCUT2D eigenvalue weighted by molar-refractivity contribution is 5.95. The van der Waals surface area contributed by atoms with E-state index in [1.807, 2.05) is 6.07 Å². The molecule has 7 heteroatoms. The Balaban J connectivity index is 1.43. The zero-order chi connectivity index (χ0) is 16.6. The van der Waals surface area contributed by atoms with Crippen LogP contribution in [0.1, 0.15) is 36.0 Å². The molecule has 1 aromatic heterocycles. The lowest BCUT2D eigenvalue weighted by Crippen LogP contribution is -2.66. The first kappa shape index (κ1) is 15.4. The van der Waals surface area contributed by atoms with Gasteiger partial charge in [0, 0.05) is 44.0 Å². The Morgan fingerprint density at radius 2 is 2.08 bits per heavy atom. The van der Waals surface area contributed by atoms with Gasteiger partial charge < -0.3 is 20.9 Å². The van der Waals surface area contributed by atoms with Gasteiger partial charge in [-0.15, -0.1) is 0 Å². The Hall–Kier alpha value is -2.15. The van der Waals surface area contributed by atoms with Crippen molar-refractivity contribution >= 4 is 17.6 Å². The maximum atomic E-state index is 12.2. The SMILES string of the molecule is O=C(NC1CC1)c1ccnc(N2CCC3(CC2)NCCNC3=O)c1. The molecule has 2 aliphatic heterocycles. The Labute approximate surface area is 141 Å². The molecule has 0 aromatic carbocycles. The van der Waals surface area contributed by atoms with Gasteiger partial charge in [0.1, 0.15) is 11.4 Å². The Morgan fingerprint density at radius 1 is 1.29 bits per heavy atom. The predicted molar refractivity (Wildman–Crippen MR) is 89.9 cm³/mol. The van der Waals surface area contributed by atoms with Gasteiger partial charge in [-0.1, -0.05) is 0 Å². The smallest absolute Gasteiger partial charge is 0.251 e. The molecule has 3 aliphatic rings. The molecule has 0 bridgehead atoms. The van der Waals surface area contributed by atoms with Gasteiger partial charge in [-0.05, 0) is 37.8 Å². The lowest BCUT2D eigenvalue weighted by atomic mass is 9.85. The first-order chi connectivity index (χ1) is 11.7. The molecule has 0 atom stereocenters. The summed E-state index contributed by atoms with van der Waals surface area (Å²) in [7, 11) is 0. The molecule has 1 saturated carbocycles. The van der Waals surface area contributed by atoms with Crippen molar-refractivity contribution in [1.82, 2.24) is 20.9 Å². The van der Waals surface area contributed by atoms with E-state index in [0.717, 1.165) is 51.1 Å². The minimum absolute atomic E-state index is 0.0250. The van der Waals surface area contributed by atoms with Gasteiger partial charge in [-0.3, -0.25) is 9.59 Å². The second-order valence-electron chi connectivity index (χ2n) is 6.90. The van der Waals surface area contributed by atoms with E-state index in [0.29, 0.717) is 18.2 Å². The highest BCUT2D eigenvalue weighted by Crippen LogP contribution is 2.27. The number of amides is 2. The summed E-state index contributed by atoms with van der Waals surface area (Å²) in [6, 6.07) is 3.95. The number of aromatic nitrogens is 1. The fraction of sp³-hybridized carbons (Fsp3) is 0.588. The number of anilines is 1. The van der Waals surface area contributed by atoms with E-state index in [1.54, 1.807) is 12.3 Å². The van der Waals surface area contributed by atoms with Crippen LogP contribution in [0.15, 0.2) is 18.3 Å².